The van der Waals surface area contributed by atoms with Crippen LogP contribution in [0.25, 0.3) is 0 Å². The standard InChI is InChI=1S/C18H31NO2/c1-2-3-4-5-6-7-8-9-10-11-14-21-16-12-13-17(19)18(20)15-16/h12-13,15,20H,2-11,14,19H2,1H3. The molecule has 0 saturated heterocycles. The number of nitrogens with two attached hydrogens (primary N) is 1. The summed E-state index contributed by atoms with van der Waals surface area (Å²) in [6, 6.07) is 5.04. The van der Waals surface area contributed by atoms with E-state index < -0.39 is 0 Å². The van der Waals surface area contributed by atoms with Crippen LogP contribution in [0, 0.1) is 0 Å². The van der Waals surface area contributed by atoms with Gasteiger partial charge in [0.15, 0.2) is 0 Å². The number of hydrogen-bond donors (Lipinski definition) is 2. The lowest BCUT2D eigenvalue weighted by Gasteiger charge is -2.07. The first-order valence-electron chi connectivity index (χ1n) is 8.45. The van der Waals surface area contributed by atoms with Crippen molar-refractivity contribution in [1.29, 1.82) is 0 Å². The molecule has 1 aromatic carbocycles. The zero-order valence-corrected chi connectivity index (χ0v) is 13.4. The average molecular weight is 293 g/mol. The molecular formula is C18H31NO2. The molecule has 3 heteroatoms. The Morgan fingerprint density at radius 1 is 0.905 bits per heavy atom. The van der Waals surface area contributed by atoms with Crippen molar-refractivity contribution >= 4 is 5.69 Å². The molecule has 0 saturated carbocycles. The monoisotopic (exact) mass is 293 g/mol. The molecule has 0 amide bonds. The average Bonchev–Trinajstić information content (AvgIpc) is 2.48. The lowest BCUT2D eigenvalue weighted by Crippen LogP contribution is -1.97. The highest BCUT2D eigenvalue weighted by Gasteiger charge is 1.99. The van der Waals surface area contributed by atoms with E-state index in [9.17, 15) is 5.11 Å². The fourth-order valence-corrected chi connectivity index (χ4v) is 2.39. The molecule has 0 aromatic heterocycles. The first-order chi connectivity index (χ1) is 10.2. The maximum absolute atomic E-state index is 9.47. The number of rotatable bonds is 12. The highest BCUT2D eigenvalue weighted by atomic mass is 16.5. The summed E-state index contributed by atoms with van der Waals surface area (Å²) in [5.41, 5.74) is 5.93. The van der Waals surface area contributed by atoms with E-state index in [0.717, 1.165) is 6.42 Å². The summed E-state index contributed by atoms with van der Waals surface area (Å²) in [6.45, 7) is 2.97. The van der Waals surface area contributed by atoms with E-state index in [2.05, 4.69) is 6.92 Å². The summed E-state index contributed by atoms with van der Waals surface area (Å²) in [5.74, 6) is 0.785. The Kier molecular flexibility index (Phi) is 9.51. The van der Waals surface area contributed by atoms with E-state index >= 15 is 0 Å². The highest BCUT2D eigenvalue weighted by molar-refractivity contribution is 5.54. The molecule has 0 bridgehead atoms. The van der Waals surface area contributed by atoms with Crippen LogP contribution in [0.4, 0.5) is 5.69 Å². The molecule has 0 radical (unpaired) electrons. The van der Waals surface area contributed by atoms with E-state index in [1.165, 1.54) is 57.8 Å². The normalized spacial score (nSPS) is 10.7. The minimum atomic E-state index is 0.0931. The number of anilines is 1. The van der Waals surface area contributed by atoms with Gasteiger partial charge in [-0.25, -0.2) is 0 Å². The van der Waals surface area contributed by atoms with Crippen LogP contribution in [0.1, 0.15) is 71.1 Å². The van der Waals surface area contributed by atoms with Crippen LogP contribution in [-0.2, 0) is 0 Å². The Hall–Kier alpha value is -1.38. The summed E-state index contributed by atoms with van der Waals surface area (Å²) < 4.78 is 5.60. The number of hydrogen-bond acceptors (Lipinski definition) is 3. The summed E-state index contributed by atoms with van der Waals surface area (Å²) in [5, 5.41) is 9.47. The van der Waals surface area contributed by atoms with Crippen LogP contribution < -0.4 is 10.5 Å². The Labute approximate surface area is 129 Å². The van der Waals surface area contributed by atoms with Crippen LogP contribution in [-0.4, -0.2) is 11.7 Å². The zero-order chi connectivity index (χ0) is 15.3. The molecule has 3 N–H and O–H groups in total. The molecule has 0 heterocycles. The van der Waals surface area contributed by atoms with Crippen LogP contribution >= 0.6 is 0 Å². The Balaban J connectivity index is 1.91. The first-order valence-corrected chi connectivity index (χ1v) is 8.45. The van der Waals surface area contributed by atoms with Gasteiger partial charge in [0.1, 0.15) is 11.5 Å². The van der Waals surface area contributed by atoms with Crippen molar-refractivity contribution in [2.45, 2.75) is 71.1 Å². The van der Waals surface area contributed by atoms with Crippen LogP contribution in [0.2, 0.25) is 0 Å². The van der Waals surface area contributed by atoms with Gasteiger partial charge < -0.3 is 15.6 Å². The maximum Gasteiger partial charge on any atom is 0.142 e. The second kappa shape index (κ2) is 11.3. The zero-order valence-electron chi connectivity index (χ0n) is 13.4. The third kappa shape index (κ3) is 8.49. The summed E-state index contributed by atoms with van der Waals surface area (Å²) in [4.78, 5) is 0. The van der Waals surface area contributed by atoms with E-state index in [4.69, 9.17) is 10.5 Å². The number of phenolic OH excluding ortho intramolecular Hbond substituents is 1. The van der Waals surface area contributed by atoms with Gasteiger partial charge in [0.05, 0.1) is 12.3 Å². The number of unbranched alkanes of at least 4 members (excludes halogenated alkanes) is 9. The van der Waals surface area contributed by atoms with Gasteiger partial charge in [0.25, 0.3) is 0 Å². The molecule has 0 spiro atoms. The molecule has 0 atom stereocenters. The molecule has 0 aliphatic carbocycles. The number of benzene rings is 1. The fraction of sp³-hybridized carbons (Fsp3) is 0.667. The second-order valence-corrected chi connectivity index (χ2v) is 5.75. The molecule has 1 rings (SSSR count). The summed E-state index contributed by atoms with van der Waals surface area (Å²) in [6.07, 6.45) is 13.2. The molecule has 3 nitrogen and oxygen atoms in total. The van der Waals surface area contributed by atoms with Crippen LogP contribution in [0.3, 0.4) is 0 Å². The summed E-state index contributed by atoms with van der Waals surface area (Å²) in [7, 11) is 0. The predicted molar refractivity (Wildman–Crippen MR) is 89.9 cm³/mol. The molecule has 0 fully saturated rings. The number of aromatic hydroxyl groups is 1. The van der Waals surface area contributed by atoms with E-state index in [1.807, 2.05) is 0 Å². The quantitative estimate of drug-likeness (QED) is 0.313. The minimum absolute atomic E-state index is 0.0931. The maximum atomic E-state index is 9.47. The van der Waals surface area contributed by atoms with Gasteiger partial charge >= 0.3 is 0 Å². The number of ether oxygens (including phenoxy) is 1. The molecule has 21 heavy (non-hydrogen) atoms. The van der Waals surface area contributed by atoms with E-state index in [1.54, 1.807) is 18.2 Å². The Morgan fingerprint density at radius 3 is 2.05 bits per heavy atom. The molecule has 0 aliphatic heterocycles. The third-order valence-electron chi connectivity index (χ3n) is 3.77. The Morgan fingerprint density at radius 2 is 1.48 bits per heavy atom. The van der Waals surface area contributed by atoms with Gasteiger partial charge in [-0.3, -0.25) is 0 Å². The topological polar surface area (TPSA) is 55.5 Å². The molecule has 1 aromatic rings. The summed E-state index contributed by atoms with van der Waals surface area (Å²) >= 11 is 0. The second-order valence-electron chi connectivity index (χ2n) is 5.75. The Bertz CT molecular complexity index is 379. The fourth-order valence-electron chi connectivity index (χ4n) is 2.39. The van der Waals surface area contributed by atoms with Crippen molar-refractivity contribution in [2.24, 2.45) is 0 Å². The van der Waals surface area contributed by atoms with Gasteiger partial charge in [-0.05, 0) is 18.6 Å². The van der Waals surface area contributed by atoms with Crippen molar-refractivity contribution in [1.82, 2.24) is 0 Å². The van der Waals surface area contributed by atoms with Gasteiger partial charge in [-0.2, -0.15) is 0 Å². The van der Waals surface area contributed by atoms with Gasteiger partial charge in [0.2, 0.25) is 0 Å². The van der Waals surface area contributed by atoms with E-state index in [-0.39, 0.29) is 5.75 Å². The van der Waals surface area contributed by atoms with Gasteiger partial charge in [0, 0.05) is 6.07 Å². The lowest BCUT2D eigenvalue weighted by atomic mass is 10.1. The minimum Gasteiger partial charge on any atom is -0.506 e. The number of phenols is 1. The smallest absolute Gasteiger partial charge is 0.142 e. The molecule has 0 aliphatic rings. The third-order valence-corrected chi connectivity index (χ3v) is 3.77. The molecule has 0 unspecified atom stereocenters. The highest BCUT2D eigenvalue weighted by Crippen LogP contribution is 2.25. The van der Waals surface area contributed by atoms with Crippen LogP contribution in [0.5, 0.6) is 11.5 Å². The van der Waals surface area contributed by atoms with Crippen LogP contribution in [0.15, 0.2) is 18.2 Å². The van der Waals surface area contributed by atoms with Crippen molar-refractivity contribution in [3.63, 3.8) is 0 Å². The number of nitrogen functional groups attached to an aromatic ring is 1. The predicted octanol–water partition coefficient (Wildman–Crippen LogP) is 5.27. The lowest BCUT2D eigenvalue weighted by molar-refractivity contribution is 0.303. The van der Waals surface area contributed by atoms with Crippen molar-refractivity contribution in [3.8, 4) is 11.5 Å². The van der Waals surface area contributed by atoms with Gasteiger partial charge in [-0.15, -0.1) is 0 Å². The largest absolute Gasteiger partial charge is 0.506 e. The SMILES string of the molecule is CCCCCCCCCCCCOc1ccc(N)c(O)c1. The molecular weight excluding hydrogens is 262 g/mol. The first kappa shape index (κ1) is 17.7. The van der Waals surface area contributed by atoms with Crippen molar-refractivity contribution in [2.75, 3.05) is 12.3 Å². The van der Waals surface area contributed by atoms with E-state index in [0.29, 0.717) is 18.0 Å². The van der Waals surface area contributed by atoms with Crippen molar-refractivity contribution in [3.05, 3.63) is 18.2 Å². The van der Waals surface area contributed by atoms with Gasteiger partial charge in [-0.1, -0.05) is 64.7 Å². The molecule has 120 valence electrons. The van der Waals surface area contributed by atoms with Crippen molar-refractivity contribution < 1.29 is 9.84 Å².